The number of halogens is 4. The van der Waals surface area contributed by atoms with Crippen LogP contribution in [0.2, 0.25) is 5.02 Å². The van der Waals surface area contributed by atoms with Crippen LogP contribution < -0.4 is 5.32 Å². The Balaban J connectivity index is 1.57. The number of benzene rings is 2. The van der Waals surface area contributed by atoms with E-state index in [2.05, 4.69) is 20.4 Å². The summed E-state index contributed by atoms with van der Waals surface area (Å²) in [5, 5.41) is 15.7. The SMILES string of the molecule is O/N=C(\Cc1ccc(F)c(Cl)c1)c1cc(F)c(F)c2c1CC(=NCCN1CCCC1)N2. The zero-order chi connectivity index (χ0) is 22.0. The van der Waals surface area contributed by atoms with Crippen LogP contribution in [0.3, 0.4) is 0 Å². The highest BCUT2D eigenvalue weighted by atomic mass is 35.5. The van der Waals surface area contributed by atoms with Crippen molar-refractivity contribution in [2.24, 2.45) is 10.1 Å². The molecule has 2 N–H and O–H groups in total. The Morgan fingerprint density at radius 2 is 1.90 bits per heavy atom. The van der Waals surface area contributed by atoms with Gasteiger partial charge in [-0.25, -0.2) is 13.2 Å². The Bertz CT molecular complexity index is 1050. The smallest absolute Gasteiger partial charge is 0.182 e. The number of aliphatic imine (C=N–C) groups is 1. The molecule has 0 atom stereocenters. The normalized spacial score (nSPS) is 17.9. The molecule has 4 rings (SSSR count). The first-order valence-electron chi connectivity index (χ1n) is 10.1. The first-order valence-corrected chi connectivity index (χ1v) is 10.5. The molecule has 31 heavy (non-hydrogen) atoms. The molecule has 5 nitrogen and oxygen atoms in total. The molecular formula is C22H22ClF3N4O. The molecular weight excluding hydrogens is 429 g/mol. The predicted octanol–water partition coefficient (Wildman–Crippen LogP) is 4.64. The largest absolute Gasteiger partial charge is 0.411 e. The standard InChI is InChI=1S/C22H22ClF3N4O/c23-16-9-13(3-4-17(16)24)10-19(29-31)14-11-18(25)21(26)22-15(14)12-20(28-22)27-5-8-30-6-1-2-7-30/h3-4,9,11,31H,1-2,5-8,10,12H2,(H,27,28)/b29-19+. The second-order valence-corrected chi connectivity index (χ2v) is 8.13. The molecule has 0 saturated carbocycles. The summed E-state index contributed by atoms with van der Waals surface area (Å²) in [5.74, 6) is -2.08. The zero-order valence-corrected chi connectivity index (χ0v) is 17.5. The van der Waals surface area contributed by atoms with Crippen LogP contribution >= 0.6 is 11.6 Å². The minimum absolute atomic E-state index is 0.00760. The fraction of sp³-hybridized carbons (Fsp3) is 0.364. The van der Waals surface area contributed by atoms with E-state index in [0.29, 0.717) is 23.5 Å². The van der Waals surface area contributed by atoms with Gasteiger partial charge in [0, 0.05) is 24.9 Å². The van der Waals surface area contributed by atoms with Gasteiger partial charge in [0.1, 0.15) is 11.7 Å². The van der Waals surface area contributed by atoms with E-state index in [1.807, 2.05) is 0 Å². The molecule has 2 aliphatic heterocycles. The third-order valence-corrected chi connectivity index (χ3v) is 5.94. The van der Waals surface area contributed by atoms with Gasteiger partial charge < -0.3 is 15.4 Å². The van der Waals surface area contributed by atoms with Gasteiger partial charge >= 0.3 is 0 Å². The molecule has 0 amide bonds. The lowest BCUT2D eigenvalue weighted by molar-refractivity contribution is 0.318. The molecule has 1 saturated heterocycles. The van der Waals surface area contributed by atoms with Gasteiger partial charge in [-0.15, -0.1) is 0 Å². The highest BCUT2D eigenvalue weighted by molar-refractivity contribution is 6.30. The highest BCUT2D eigenvalue weighted by Gasteiger charge is 2.28. The molecule has 1 fully saturated rings. The summed E-state index contributed by atoms with van der Waals surface area (Å²) in [4.78, 5) is 6.84. The molecule has 0 radical (unpaired) electrons. The van der Waals surface area contributed by atoms with Gasteiger partial charge in [-0.05, 0) is 55.3 Å². The van der Waals surface area contributed by atoms with E-state index in [0.717, 1.165) is 25.7 Å². The van der Waals surface area contributed by atoms with Crippen LogP contribution in [-0.2, 0) is 12.8 Å². The van der Waals surface area contributed by atoms with Gasteiger partial charge in [0.15, 0.2) is 11.6 Å². The number of fused-ring (bicyclic) bond motifs is 1. The Hall–Kier alpha value is -2.58. The van der Waals surface area contributed by atoms with Crippen LogP contribution in [0.5, 0.6) is 0 Å². The minimum Gasteiger partial charge on any atom is -0.411 e. The zero-order valence-electron chi connectivity index (χ0n) is 16.8. The molecule has 9 heteroatoms. The molecule has 164 valence electrons. The molecule has 0 aliphatic carbocycles. The van der Waals surface area contributed by atoms with Crippen molar-refractivity contribution < 1.29 is 18.4 Å². The molecule has 0 unspecified atom stereocenters. The fourth-order valence-electron chi connectivity index (χ4n) is 4.05. The first kappa shape index (κ1) is 21.6. The van der Waals surface area contributed by atoms with Gasteiger partial charge in [0.2, 0.25) is 0 Å². The van der Waals surface area contributed by atoms with Crippen molar-refractivity contribution in [2.75, 3.05) is 31.5 Å². The van der Waals surface area contributed by atoms with Gasteiger partial charge in [-0.3, -0.25) is 4.99 Å². The van der Waals surface area contributed by atoms with Gasteiger partial charge in [0.05, 0.1) is 23.0 Å². The number of nitrogens with one attached hydrogen (secondary N) is 1. The topological polar surface area (TPSA) is 60.2 Å². The van der Waals surface area contributed by atoms with Crippen LogP contribution in [0.4, 0.5) is 18.9 Å². The van der Waals surface area contributed by atoms with Crippen LogP contribution in [0, 0.1) is 17.5 Å². The van der Waals surface area contributed by atoms with Crippen LogP contribution in [0.25, 0.3) is 0 Å². The van der Waals surface area contributed by atoms with E-state index >= 15 is 0 Å². The number of hydrogen-bond acceptors (Lipinski definition) is 4. The summed E-state index contributed by atoms with van der Waals surface area (Å²) < 4.78 is 42.2. The van der Waals surface area contributed by atoms with Gasteiger partial charge in [0.25, 0.3) is 0 Å². The van der Waals surface area contributed by atoms with Crippen molar-refractivity contribution >= 4 is 28.8 Å². The van der Waals surface area contributed by atoms with E-state index in [-0.39, 0.29) is 34.8 Å². The minimum atomic E-state index is -1.06. The number of rotatable bonds is 6. The van der Waals surface area contributed by atoms with E-state index in [9.17, 15) is 18.4 Å². The van der Waals surface area contributed by atoms with Crippen molar-refractivity contribution in [3.63, 3.8) is 0 Å². The molecule has 0 spiro atoms. The van der Waals surface area contributed by atoms with Crippen LogP contribution in [0.15, 0.2) is 34.4 Å². The predicted molar refractivity (Wildman–Crippen MR) is 115 cm³/mol. The summed E-state index contributed by atoms with van der Waals surface area (Å²) in [6.07, 6.45) is 2.72. The summed E-state index contributed by atoms with van der Waals surface area (Å²) in [7, 11) is 0. The molecule has 0 bridgehead atoms. The van der Waals surface area contributed by atoms with E-state index in [4.69, 9.17) is 11.6 Å². The fourth-order valence-corrected chi connectivity index (χ4v) is 4.25. The second kappa shape index (κ2) is 9.28. The summed E-state index contributed by atoms with van der Waals surface area (Å²) in [5.41, 5.74) is 1.45. The lowest BCUT2D eigenvalue weighted by Crippen LogP contribution is -2.23. The van der Waals surface area contributed by atoms with Gasteiger partial charge in [-0.2, -0.15) is 0 Å². The van der Waals surface area contributed by atoms with Crippen LogP contribution in [-0.4, -0.2) is 47.8 Å². The molecule has 2 aromatic carbocycles. The summed E-state index contributed by atoms with van der Waals surface area (Å²) >= 11 is 5.82. The summed E-state index contributed by atoms with van der Waals surface area (Å²) in [6.45, 7) is 3.50. The molecule has 2 aliphatic rings. The number of oxime groups is 1. The Kier molecular flexibility index (Phi) is 6.48. The number of hydrogen-bond donors (Lipinski definition) is 2. The van der Waals surface area contributed by atoms with E-state index < -0.39 is 17.5 Å². The lowest BCUT2D eigenvalue weighted by Gasteiger charge is -2.12. The maximum absolute atomic E-state index is 14.5. The number of anilines is 1. The van der Waals surface area contributed by atoms with Crippen molar-refractivity contribution in [3.8, 4) is 0 Å². The van der Waals surface area contributed by atoms with Crippen molar-refractivity contribution in [1.82, 2.24) is 4.90 Å². The van der Waals surface area contributed by atoms with Crippen molar-refractivity contribution in [3.05, 3.63) is 63.4 Å². The second-order valence-electron chi connectivity index (χ2n) is 7.72. The van der Waals surface area contributed by atoms with Crippen LogP contribution in [0.1, 0.15) is 29.5 Å². The highest BCUT2D eigenvalue weighted by Crippen LogP contribution is 2.33. The van der Waals surface area contributed by atoms with Gasteiger partial charge in [-0.1, -0.05) is 22.8 Å². The summed E-state index contributed by atoms with van der Waals surface area (Å²) in [6, 6.07) is 5.12. The average molecular weight is 451 g/mol. The van der Waals surface area contributed by atoms with E-state index in [1.165, 1.54) is 31.0 Å². The maximum Gasteiger partial charge on any atom is 0.182 e. The molecule has 0 aromatic heterocycles. The first-order chi connectivity index (χ1) is 15.0. The van der Waals surface area contributed by atoms with E-state index in [1.54, 1.807) is 0 Å². The third-order valence-electron chi connectivity index (χ3n) is 5.65. The quantitative estimate of drug-likeness (QED) is 0.383. The Labute approximate surface area is 183 Å². The number of amidine groups is 1. The van der Waals surface area contributed by atoms with Crippen molar-refractivity contribution in [2.45, 2.75) is 25.7 Å². The third kappa shape index (κ3) is 4.70. The Morgan fingerprint density at radius 3 is 2.61 bits per heavy atom. The lowest BCUT2D eigenvalue weighted by atomic mass is 9.95. The average Bonchev–Trinajstić information content (AvgIpc) is 3.42. The van der Waals surface area contributed by atoms with Crippen molar-refractivity contribution in [1.29, 1.82) is 0 Å². The number of likely N-dealkylation sites (tertiary alicyclic amines) is 1. The molecule has 2 heterocycles. The number of nitrogens with zero attached hydrogens (tertiary/aromatic N) is 3. The monoisotopic (exact) mass is 450 g/mol. The molecule has 2 aromatic rings. The maximum atomic E-state index is 14.5. The Morgan fingerprint density at radius 1 is 1.13 bits per heavy atom.